The maximum absolute atomic E-state index is 12.6. The smallest absolute Gasteiger partial charge is 0.227 e. The molecule has 2 aromatic carbocycles. The lowest BCUT2D eigenvalue weighted by atomic mass is 9.95. The lowest BCUT2D eigenvalue weighted by Crippen LogP contribution is -2.37. The summed E-state index contributed by atoms with van der Waals surface area (Å²) in [4.78, 5) is 12.6. The fourth-order valence-electron chi connectivity index (χ4n) is 3.83. The number of hydrogen-bond acceptors (Lipinski definition) is 4. The minimum Gasteiger partial charge on any atom is -0.493 e. The molecule has 142 valence electrons. The van der Waals surface area contributed by atoms with Crippen LogP contribution in [0.4, 0.5) is 0 Å². The van der Waals surface area contributed by atoms with Gasteiger partial charge in [-0.15, -0.1) is 0 Å². The molecule has 1 amide bonds. The number of carbonyl (C=O) groups is 1. The molecule has 4 rings (SSSR count). The molecule has 0 aliphatic carbocycles. The summed E-state index contributed by atoms with van der Waals surface area (Å²) in [6, 6.07) is 11.9. The molecule has 0 aromatic heterocycles. The van der Waals surface area contributed by atoms with Crippen LogP contribution in [-0.4, -0.2) is 25.2 Å². The second-order valence-electron chi connectivity index (χ2n) is 7.86. The highest BCUT2D eigenvalue weighted by Crippen LogP contribution is 2.36. The maximum Gasteiger partial charge on any atom is 0.227 e. The molecule has 0 saturated heterocycles. The third-order valence-electron chi connectivity index (χ3n) is 5.14. The van der Waals surface area contributed by atoms with Crippen LogP contribution in [0.25, 0.3) is 0 Å². The second-order valence-corrected chi connectivity index (χ2v) is 7.86. The number of carbonyl (C=O) groups excluding carboxylic acids is 1. The van der Waals surface area contributed by atoms with Crippen LogP contribution in [0.5, 0.6) is 17.2 Å². The Labute approximate surface area is 159 Å². The van der Waals surface area contributed by atoms with E-state index >= 15 is 0 Å². The summed E-state index contributed by atoms with van der Waals surface area (Å²) in [5.74, 6) is 2.24. The summed E-state index contributed by atoms with van der Waals surface area (Å²) in [5, 5.41) is 3.05. The maximum atomic E-state index is 12.6. The quantitative estimate of drug-likeness (QED) is 0.901. The third kappa shape index (κ3) is 3.59. The first-order valence-corrected chi connectivity index (χ1v) is 9.32. The number of amides is 1. The zero-order valence-corrected chi connectivity index (χ0v) is 16.0. The first-order valence-electron chi connectivity index (χ1n) is 9.32. The topological polar surface area (TPSA) is 56.8 Å². The number of ether oxygens (including phenoxy) is 3. The molecule has 2 heterocycles. The van der Waals surface area contributed by atoms with Crippen molar-refractivity contribution < 1.29 is 19.0 Å². The van der Waals surface area contributed by atoms with Crippen LogP contribution in [0.15, 0.2) is 36.4 Å². The van der Waals surface area contributed by atoms with E-state index in [1.807, 2.05) is 30.3 Å². The molecule has 1 N–H and O–H groups in total. The molecule has 0 fully saturated rings. The summed E-state index contributed by atoms with van der Waals surface area (Å²) >= 11 is 0. The van der Waals surface area contributed by atoms with Crippen molar-refractivity contribution in [3.8, 4) is 17.2 Å². The standard InChI is InChI=1S/C22H25NO4/c1-22(2)11-16-9-14(7-8-18(16)27-22)12-23-21(24)17-10-15-5-4-6-19(25-3)20(15)26-13-17/h4-9,17H,10-13H2,1-3H3,(H,23,24)/t17-/m1/s1. The number of benzene rings is 2. The molecule has 0 radical (unpaired) electrons. The molecule has 0 bridgehead atoms. The predicted molar refractivity (Wildman–Crippen MR) is 102 cm³/mol. The lowest BCUT2D eigenvalue weighted by Gasteiger charge is -2.25. The molecule has 2 aliphatic rings. The average Bonchev–Trinajstić information content (AvgIpc) is 2.98. The molecule has 1 atom stereocenters. The van der Waals surface area contributed by atoms with Crippen LogP contribution in [0, 0.1) is 5.92 Å². The van der Waals surface area contributed by atoms with Gasteiger partial charge in [-0.3, -0.25) is 4.79 Å². The van der Waals surface area contributed by atoms with Crippen molar-refractivity contribution in [2.45, 2.75) is 38.8 Å². The predicted octanol–water partition coefficient (Wildman–Crippen LogP) is 3.28. The Kier molecular flexibility index (Phi) is 4.46. The Morgan fingerprint density at radius 2 is 2.11 bits per heavy atom. The first kappa shape index (κ1) is 17.7. The van der Waals surface area contributed by atoms with E-state index in [1.54, 1.807) is 7.11 Å². The van der Waals surface area contributed by atoms with Crippen LogP contribution in [0.1, 0.15) is 30.5 Å². The monoisotopic (exact) mass is 367 g/mol. The van der Waals surface area contributed by atoms with Gasteiger partial charge in [0.05, 0.1) is 13.0 Å². The molecule has 27 heavy (non-hydrogen) atoms. The number of rotatable bonds is 4. The first-order chi connectivity index (χ1) is 12.9. The Hall–Kier alpha value is -2.69. The highest BCUT2D eigenvalue weighted by atomic mass is 16.5. The fraction of sp³-hybridized carbons (Fsp3) is 0.409. The van der Waals surface area contributed by atoms with Gasteiger partial charge in [0.2, 0.25) is 5.91 Å². The molecule has 0 unspecified atom stereocenters. The minimum atomic E-state index is -0.193. The Morgan fingerprint density at radius 3 is 2.93 bits per heavy atom. The van der Waals surface area contributed by atoms with E-state index in [-0.39, 0.29) is 17.4 Å². The lowest BCUT2D eigenvalue weighted by molar-refractivity contribution is -0.126. The number of hydrogen-bond donors (Lipinski definition) is 1. The zero-order valence-electron chi connectivity index (χ0n) is 16.0. The van der Waals surface area contributed by atoms with Gasteiger partial charge in [0.25, 0.3) is 0 Å². The number of fused-ring (bicyclic) bond motifs is 2. The SMILES string of the molecule is COc1cccc2c1OC[C@H](C(=O)NCc1ccc3c(c1)CC(C)(C)O3)C2. The molecule has 0 spiro atoms. The van der Waals surface area contributed by atoms with Gasteiger partial charge in [-0.25, -0.2) is 0 Å². The van der Waals surface area contributed by atoms with E-state index in [4.69, 9.17) is 14.2 Å². The molecule has 5 heteroatoms. The zero-order chi connectivity index (χ0) is 19.0. The third-order valence-corrected chi connectivity index (χ3v) is 5.14. The van der Waals surface area contributed by atoms with Gasteiger partial charge in [0, 0.05) is 13.0 Å². The summed E-state index contributed by atoms with van der Waals surface area (Å²) in [6.45, 7) is 5.05. The van der Waals surface area contributed by atoms with Crippen molar-refractivity contribution in [3.63, 3.8) is 0 Å². The van der Waals surface area contributed by atoms with E-state index in [0.29, 0.717) is 19.6 Å². The van der Waals surface area contributed by atoms with Crippen LogP contribution >= 0.6 is 0 Å². The van der Waals surface area contributed by atoms with Crippen molar-refractivity contribution in [2.24, 2.45) is 5.92 Å². The highest BCUT2D eigenvalue weighted by molar-refractivity contribution is 5.79. The van der Waals surface area contributed by atoms with Crippen LogP contribution in [0.2, 0.25) is 0 Å². The average molecular weight is 367 g/mol. The summed E-state index contributed by atoms with van der Waals surface area (Å²) < 4.78 is 17.0. The van der Waals surface area contributed by atoms with E-state index < -0.39 is 0 Å². The van der Waals surface area contributed by atoms with E-state index in [1.165, 1.54) is 5.56 Å². The van der Waals surface area contributed by atoms with Gasteiger partial charge in [0.15, 0.2) is 11.5 Å². The van der Waals surface area contributed by atoms with E-state index in [9.17, 15) is 4.79 Å². The number of methoxy groups -OCH3 is 1. The molecular formula is C22H25NO4. The molecular weight excluding hydrogens is 342 g/mol. The minimum absolute atomic E-state index is 0.0144. The van der Waals surface area contributed by atoms with Gasteiger partial charge in [-0.1, -0.05) is 24.3 Å². The van der Waals surface area contributed by atoms with E-state index in [0.717, 1.165) is 34.8 Å². The second kappa shape index (κ2) is 6.80. The highest BCUT2D eigenvalue weighted by Gasteiger charge is 2.30. The van der Waals surface area contributed by atoms with Gasteiger partial charge >= 0.3 is 0 Å². The van der Waals surface area contributed by atoms with Crippen molar-refractivity contribution >= 4 is 5.91 Å². The molecule has 5 nitrogen and oxygen atoms in total. The summed E-state index contributed by atoms with van der Waals surface area (Å²) in [7, 11) is 1.63. The van der Waals surface area contributed by atoms with Crippen molar-refractivity contribution in [3.05, 3.63) is 53.1 Å². The van der Waals surface area contributed by atoms with Crippen LogP contribution < -0.4 is 19.5 Å². The van der Waals surface area contributed by atoms with Gasteiger partial charge in [-0.05, 0) is 49.1 Å². The fourth-order valence-corrected chi connectivity index (χ4v) is 3.83. The van der Waals surface area contributed by atoms with E-state index in [2.05, 4.69) is 25.2 Å². The Morgan fingerprint density at radius 1 is 1.26 bits per heavy atom. The number of para-hydroxylation sites is 1. The molecule has 2 aromatic rings. The van der Waals surface area contributed by atoms with Crippen molar-refractivity contribution in [1.29, 1.82) is 0 Å². The molecule has 0 saturated carbocycles. The Bertz CT molecular complexity index is 875. The Balaban J connectivity index is 1.38. The van der Waals surface area contributed by atoms with Gasteiger partial charge in [-0.2, -0.15) is 0 Å². The number of nitrogens with one attached hydrogen (secondary N) is 1. The largest absolute Gasteiger partial charge is 0.493 e. The summed E-state index contributed by atoms with van der Waals surface area (Å²) in [5.41, 5.74) is 3.14. The van der Waals surface area contributed by atoms with Gasteiger partial charge < -0.3 is 19.5 Å². The summed E-state index contributed by atoms with van der Waals surface area (Å²) in [6.07, 6.45) is 1.55. The molecule has 2 aliphatic heterocycles. The van der Waals surface area contributed by atoms with Crippen molar-refractivity contribution in [2.75, 3.05) is 13.7 Å². The normalized spacial score (nSPS) is 19.3. The van der Waals surface area contributed by atoms with Gasteiger partial charge in [0.1, 0.15) is 18.0 Å². The van der Waals surface area contributed by atoms with Crippen LogP contribution in [0.3, 0.4) is 0 Å². The van der Waals surface area contributed by atoms with Crippen molar-refractivity contribution in [1.82, 2.24) is 5.32 Å². The van der Waals surface area contributed by atoms with Crippen LogP contribution in [-0.2, 0) is 24.2 Å².